The molecule has 0 amide bonds. The average Bonchev–Trinajstić information content (AvgIpc) is 2.73. The van der Waals surface area contributed by atoms with Crippen LogP contribution in [0.2, 0.25) is 0 Å². The molecule has 1 N–H and O–H groups in total. The van der Waals surface area contributed by atoms with Crippen LogP contribution in [0.4, 0.5) is 0 Å². The summed E-state index contributed by atoms with van der Waals surface area (Å²) in [5.74, 6) is 0. The molecule has 2 aromatic rings. The van der Waals surface area contributed by atoms with Gasteiger partial charge in [0.25, 0.3) is 0 Å². The number of hydrogen-bond donors (Lipinski definition) is 1. The molecule has 108 valence electrons. The smallest absolute Gasteiger partial charge is 0.0761 e. The summed E-state index contributed by atoms with van der Waals surface area (Å²) >= 11 is 16.2. The molecule has 0 aliphatic heterocycles. The van der Waals surface area contributed by atoms with Gasteiger partial charge in [0.05, 0.1) is 13.6 Å². The largest absolute Gasteiger partial charge is 0.306 e. The first-order valence-electron chi connectivity index (χ1n) is 6.16. The van der Waals surface area contributed by atoms with Crippen LogP contribution in [0.25, 0.3) is 0 Å². The maximum atomic E-state index is 3.67. The Bertz CT molecular complexity index is 597. The Kier molecular flexibility index (Phi) is 6.76. The Hall–Kier alpha value is 0.800. The molecule has 1 atom stereocenters. The zero-order valence-corrected chi connectivity index (χ0v) is 17.9. The molecule has 0 saturated heterocycles. The minimum absolute atomic E-state index is 0.166. The summed E-state index contributed by atoms with van der Waals surface area (Å²) in [4.78, 5) is 0. The molecule has 1 aromatic heterocycles. The lowest BCUT2D eigenvalue weighted by Gasteiger charge is -2.20. The van der Waals surface area contributed by atoms with E-state index in [1.54, 1.807) is 11.3 Å². The van der Waals surface area contributed by atoms with Crippen molar-refractivity contribution in [3.8, 4) is 0 Å². The summed E-state index contributed by atoms with van der Waals surface area (Å²) in [6.07, 6.45) is 1.10. The van der Waals surface area contributed by atoms with E-state index < -0.39 is 0 Å². The maximum absolute atomic E-state index is 3.67. The zero-order chi connectivity index (χ0) is 14.7. The summed E-state index contributed by atoms with van der Waals surface area (Å²) < 4.78 is 4.49. The molecule has 0 aliphatic rings. The number of hydrogen-bond acceptors (Lipinski definition) is 2. The number of thiophene rings is 1. The molecule has 0 radical (unpaired) electrons. The van der Waals surface area contributed by atoms with Gasteiger partial charge in [-0.2, -0.15) is 0 Å². The third kappa shape index (κ3) is 4.17. The van der Waals surface area contributed by atoms with Crippen molar-refractivity contribution < 1.29 is 0 Å². The first-order valence-corrected chi connectivity index (χ1v) is 10.1. The lowest BCUT2D eigenvalue weighted by molar-refractivity contribution is 0.596. The highest BCUT2D eigenvalue weighted by atomic mass is 79.9. The highest BCUT2D eigenvalue weighted by Crippen LogP contribution is 2.40. The highest BCUT2D eigenvalue weighted by molar-refractivity contribution is 9.12. The average molecular weight is 547 g/mol. The fourth-order valence-corrected chi connectivity index (χ4v) is 5.72. The van der Waals surface area contributed by atoms with Gasteiger partial charge in [-0.15, -0.1) is 11.3 Å². The summed E-state index contributed by atoms with van der Waals surface area (Å²) in [6, 6.07) is 8.63. The van der Waals surface area contributed by atoms with Gasteiger partial charge in [0.1, 0.15) is 0 Å². The van der Waals surface area contributed by atoms with Gasteiger partial charge in [0, 0.05) is 8.95 Å². The minimum atomic E-state index is 0.166. The van der Waals surface area contributed by atoms with Gasteiger partial charge in [-0.3, -0.25) is 0 Å². The fraction of sp³-hybridized carbons (Fsp3) is 0.286. The quantitative estimate of drug-likeness (QED) is 0.431. The summed E-state index contributed by atoms with van der Waals surface area (Å²) in [7, 11) is 0. The lowest BCUT2D eigenvalue weighted by atomic mass is 10.0. The standard InChI is InChI=1S/C14H13Br4NS/c1-2-5-19-13(10-7-12(17)20-14(10)18)9-6-8(15)3-4-11(9)16/h3-4,6-7,13,19H,2,5H2,1H3. The first kappa shape index (κ1) is 17.2. The molecule has 1 unspecified atom stereocenters. The van der Waals surface area contributed by atoms with E-state index in [-0.39, 0.29) is 6.04 Å². The third-order valence-electron chi connectivity index (χ3n) is 2.86. The van der Waals surface area contributed by atoms with E-state index in [4.69, 9.17) is 0 Å². The van der Waals surface area contributed by atoms with Crippen LogP contribution in [0.5, 0.6) is 0 Å². The Balaban J connectivity index is 2.46. The summed E-state index contributed by atoms with van der Waals surface area (Å²) in [6.45, 7) is 3.15. The van der Waals surface area contributed by atoms with Crippen molar-refractivity contribution in [2.45, 2.75) is 19.4 Å². The van der Waals surface area contributed by atoms with E-state index in [1.807, 2.05) is 6.07 Å². The molecule has 1 nitrogen and oxygen atoms in total. The van der Waals surface area contributed by atoms with Gasteiger partial charge in [0.15, 0.2) is 0 Å². The van der Waals surface area contributed by atoms with Crippen LogP contribution >= 0.6 is 75.1 Å². The molecule has 1 aromatic carbocycles. The van der Waals surface area contributed by atoms with E-state index >= 15 is 0 Å². The summed E-state index contributed by atoms with van der Waals surface area (Å²) in [5, 5.41) is 3.63. The molecule has 0 fully saturated rings. The van der Waals surface area contributed by atoms with E-state index in [0.29, 0.717) is 0 Å². The van der Waals surface area contributed by atoms with Crippen LogP contribution in [-0.2, 0) is 0 Å². The monoisotopic (exact) mass is 543 g/mol. The van der Waals surface area contributed by atoms with E-state index in [9.17, 15) is 0 Å². The van der Waals surface area contributed by atoms with Crippen LogP contribution in [0, 0.1) is 0 Å². The Morgan fingerprint density at radius 1 is 1.10 bits per heavy atom. The number of halogens is 4. The van der Waals surface area contributed by atoms with Gasteiger partial charge < -0.3 is 5.32 Å². The third-order valence-corrected chi connectivity index (χ3v) is 6.46. The van der Waals surface area contributed by atoms with E-state index in [2.05, 4.69) is 94.2 Å². The lowest BCUT2D eigenvalue weighted by Crippen LogP contribution is -2.23. The predicted octanol–water partition coefficient (Wildman–Crippen LogP) is 6.89. The molecule has 0 spiro atoms. The van der Waals surface area contributed by atoms with Gasteiger partial charge in [0.2, 0.25) is 0 Å². The van der Waals surface area contributed by atoms with Gasteiger partial charge >= 0.3 is 0 Å². The predicted molar refractivity (Wildman–Crippen MR) is 102 cm³/mol. The number of benzene rings is 1. The zero-order valence-electron chi connectivity index (χ0n) is 10.7. The normalized spacial score (nSPS) is 12.7. The van der Waals surface area contributed by atoms with Crippen LogP contribution in [0.15, 0.2) is 40.8 Å². The van der Waals surface area contributed by atoms with Crippen molar-refractivity contribution in [1.82, 2.24) is 5.32 Å². The van der Waals surface area contributed by atoms with Crippen LogP contribution in [0.1, 0.15) is 30.5 Å². The van der Waals surface area contributed by atoms with Crippen LogP contribution in [0.3, 0.4) is 0 Å². The SMILES string of the molecule is CCCNC(c1cc(Br)ccc1Br)c1cc(Br)sc1Br. The van der Waals surface area contributed by atoms with Crippen molar-refractivity contribution >= 4 is 75.1 Å². The molecule has 0 bridgehead atoms. The van der Waals surface area contributed by atoms with Crippen molar-refractivity contribution in [1.29, 1.82) is 0 Å². The van der Waals surface area contributed by atoms with E-state index in [1.165, 1.54) is 11.1 Å². The second kappa shape index (κ2) is 7.88. The van der Waals surface area contributed by atoms with Crippen LogP contribution < -0.4 is 5.32 Å². The first-order chi connectivity index (χ1) is 9.52. The van der Waals surface area contributed by atoms with Crippen molar-refractivity contribution in [3.05, 3.63) is 51.9 Å². The van der Waals surface area contributed by atoms with Gasteiger partial charge in [-0.25, -0.2) is 0 Å². The van der Waals surface area contributed by atoms with Gasteiger partial charge in [-0.05, 0) is 80.2 Å². The topological polar surface area (TPSA) is 12.0 Å². The maximum Gasteiger partial charge on any atom is 0.0761 e. The van der Waals surface area contributed by atoms with Crippen molar-refractivity contribution in [2.75, 3.05) is 6.54 Å². The Morgan fingerprint density at radius 3 is 2.45 bits per heavy atom. The van der Waals surface area contributed by atoms with Crippen molar-refractivity contribution in [2.24, 2.45) is 0 Å². The molecule has 6 heteroatoms. The Labute approximate surface area is 157 Å². The van der Waals surface area contributed by atoms with Gasteiger partial charge in [-0.1, -0.05) is 38.8 Å². The molecular weight excluding hydrogens is 534 g/mol. The molecule has 1 heterocycles. The van der Waals surface area contributed by atoms with E-state index in [0.717, 1.165) is 29.5 Å². The minimum Gasteiger partial charge on any atom is -0.306 e. The Morgan fingerprint density at radius 2 is 1.85 bits per heavy atom. The second-order valence-corrected chi connectivity index (χ2v) is 9.85. The van der Waals surface area contributed by atoms with Crippen molar-refractivity contribution in [3.63, 3.8) is 0 Å². The molecule has 0 saturated carbocycles. The molecule has 2 rings (SSSR count). The summed E-state index contributed by atoms with van der Waals surface area (Å²) in [5.41, 5.74) is 2.49. The van der Waals surface area contributed by atoms with Crippen LogP contribution in [-0.4, -0.2) is 6.54 Å². The molecular formula is C14H13Br4NS. The highest BCUT2D eigenvalue weighted by Gasteiger charge is 2.21. The number of rotatable bonds is 5. The second-order valence-electron chi connectivity index (χ2n) is 4.33. The fourth-order valence-electron chi connectivity index (χ4n) is 1.96. The number of nitrogens with one attached hydrogen (secondary N) is 1. The molecule has 20 heavy (non-hydrogen) atoms. The molecule has 0 aliphatic carbocycles.